The molecule has 0 saturated carbocycles. The second kappa shape index (κ2) is 7.70. The van der Waals surface area contributed by atoms with Gasteiger partial charge in [0.25, 0.3) is 5.91 Å². The van der Waals surface area contributed by atoms with Gasteiger partial charge in [0.2, 0.25) is 0 Å². The maximum absolute atomic E-state index is 13.1. The van der Waals surface area contributed by atoms with E-state index < -0.39 is 17.8 Å². The lowest BCUT2D eigenvalue weighted by atomic mass is 10.0. The zero-order valence-corrected chi connectivity index (χ0v) is 15.8. The summed E-state index contributed by atoms with van der Waals surface area (Å²) in [5.41, 5.74) is 1.65. The third-order valence-corrected chi connectivity index (χ3v) is 4.66. The molecule has 0 fully saturated rings. The number of para-hydroxylation sites is 1. The summed E-state index contributed by atoms with van der Waals surface area (Å²) in [7, 11) is 1.23. The van der Waals surface area contributed by atoms with Gasteiger partial charge in [0.15, 0.2) is 0 Å². The highest BCUT2D eigenvalue weighted by molar-refractivity contribution is 6.35. The fourth-order valence-corrected chi connectivity index (χ4v) is 3.21. The van der Waals surface area contributed by atoms with E-state index in [2.05, 4.69) is 0 Å². The first-order valence-electron chi connectivity index (χ1n) is 8.26. The number of allylic oxidation sites excluding steroid dienone is 1. The number of methoxy groups -OCH3 is 1. The van der Waals surface area contributed by atoms with Crippen molar-refractivity contribution >= 4 is 41.2 Å². The summed E-state index contributed by atoms with van der Waals surface area (Å²) >= 11 is 6.24. The minimum absolute atomic E-state index is 0.0116. The maximum atomic E-state index is 13.1. The van der Waals surface area contributed by atoms with Gasteiger partial charge in [-0.1, -0.05) is 48.0 Å². The number of nitrogens with zero attached hydrogens (tertiary/aromatic N) is 1. The van der Waals surface area contributed by atoms with Crippen LogP contribution in [0.25, 0.3) is 6.08 Å². The molecule has 142 valence electrons. The van der Waals surface area contributed by atoms with Crippen molar-refractivity contribution in [1.29, 1.82) is 0 Å². The lowest BCUT2D eigenvalue weighted by molar-refractivity contribution is -0.255. The molecule has 1 amide bonds. The molecule has 0 N–H and O–H groups in total. The summed E-state index contributed by atoms with van der Waals surface area (Å²) in [6.45, 7) is 1.63. The number of hydrogen-bond donors (Lipinski definition) is 0. The summed E-state index contributed by atoms with van der Waals surface area (Å²) in [6, 6.07) is 12.6. The number of ether oxygens (including phenoxy) is 1. The fourth-order valence-electron chi connectivity index (χ4n) is 2.99. The summed E-state index contributed by atoms with van der Waals surface area (Å²) < 4.78 is 4.85. The largest absolute Gasteiger partial charge is 0.545 e. The molecule has 1 aliphatic heterocycles. The number of halogens is 1. The van der Waals surface area contributed by atoms with Crippen LogP contribution < -0.4 is 10.0 Å². The van der Waals surface area contributed by atoms with Gasteiger partial charge < -0.3 is 14.6 Å². The molecule has 1 heterocycles. The molecular formula is C21H15ClNO5-. The molecule has 0 radical (unpaired) electrons. The second-order valence-corrected chi connectivity index (χ2v) is 6.42. The molecule has 0 atom stereocenters. The summed E-state index contributed by atoms with van der Waals surface area (Å²) in [5.74, 6) is -2.39. The van der Waals surface area contributed by atoms with Crippen molar-refractivity contribution in [2.24, 2.45) is 0 Å². The summed E-state index contributed by atoms with van der Waals surface area (Å²) in [6.07, 6.45) is 1.51. The zero-order valence-electron chi connectivity index (χ0n) is 15.1. The van der Waals surface area contributed by atoms with Gasteiger partial charge in [-0.3, -0.25) is 9.69 Å². The van der Waals surface area contributed by atoms with Crippen LogP contribution in [0, 0.1) is 0 Å². The third kappa shape index (κ3) is 3.42. The molecule has 0 saturated heterocycles. The average molecular weight is 397 g/mol. The molecule has 7 heteroatoms. The highest BCUT2D eigenvalue weighted by Gasteiger charge is 2.38. The Morgan fingerprint density at radius 2 is 1.75 bits per heavy atom. The van der Waals surface area contributed by atoms with Crippen LogP contribution in [-0.2, 0) is 14.3 Å². The molecular weight excluding hydrogens is 382 g/mol. The van der Waals surface area contributed by atoms with Crippen LogP contribution >= 0.6 is 11.6 Å². The Morgan fingerprint density at radius 1 is 1.11 bits per heavy atom. The molecule has 3 rings (SSSR count). The first kappa shape index (κ1) is 19.4. The van der Waals surface area contributed by atoms with E-state index in [1.165, 1.54) is 42.4 Å². The van der Waals surface area contributed by atoms with Gasteiger partial charge >= 0.3 is 5.97 Å². The van der Waals surface area contributed by atoms with Crippen LogP contribution in [0.15, 0.2) is 65.4 Å². The second-order valence-electron chi connectivity index (χ2n) is 6.01. The quantitative estimate of drug-likeness (QED) is 0.585. The highest BCUT2D eigenvalue weighted by Crippen LogP contribution is 2.38. The molecule has 6 nitrogen and oxygen atoms in total. The number of amides is 1. The zero-order chi connectivity index (χ0) is 20.4. The van der Waals surface area contributed by atoms with Gasteiger partial charge in [-0.05, 0) is 36.3 Å². The van der Waals surface area contributed by atoms with Crippen LogP contribution in [0.2, 0.25) is 5.02 Å². The standard InChI is InChI=1S/C21H16ClNO5/c1-12-18(21(27)28-2)15(11-13-7-9-14(10-8-13)20(25)26)19(24)23(12)17-6-4-3-5-16(17)22/h3-11H,1-2H3,(H,25,26)/p-1/b15-11-. The van der Waals surface area contributed by atoms with Gasteiger partial charge in [-0.15, -0.1) is 0 Å². The summed E-state index contributed by atoms with van der Waals surface area (Å²) in [4.78, 5) is 37.7. The Balaban J connectivity index is 2.12. The van der Waals surface area contributed by atoms with Crippen LogP contribution in [0.5, 0.6) is 0 Å². The van der Waals surface area contributed by atoms with Crippen molar-refractivity contribution in [3.63, 3.8) is 0 Å². The van der Waals surface area contributed by atoms with E-state index in [9.17, 15) is 19.5 Å². The molecule has 0 bridgehead atoms. The monoisotopic (exact) mass is 396 g/mol. The molecule has 28 heavy (non-hydrogen) atoms. The molecule has 2 aromatic rings. The van der Waals surface area contributed by atoms with Crippen LogP contribution in [0.4, 0.5) is 5.69 Å². The van der Waals surface area contributed by atoms with E-state index in [-0.39, 0.29) is 16.7 Å². The van der Waals surface area contributed by atoms with Crippen molar-refractivity contribution < 1.29 is 24.2 Å². The molecule has 1 aliphatic rings. The van der Waals surface area contributed by atoms with Gasteiger partial charge in [-0.25, -0.2) is 4.79 Å². The lowest BCUT2D eigenvalue weighted by Gasteiger charge is -2.19. The Kier molecular flexibility index (Phi) is 5.33. The fraction of sp³-hybridized carbons (Fsp3) is 0.0952. The first-order chi connectivity index (χ1) is 13.3. The minimum atomic E-state index is -1.30. The number of carbonyl (C=O) groups excluding carboxylic acids is 3. The van der Waals surface area contributed by atoms with Crippen molar-refractivity contribution in [2.45, 2.75) is 6.92 Å². The first-order valence-corrected chi connectivity index (χ1v) is 8.64. The predicted octanol–water partition coefficient (Wildman–Crippen LogP) is 2.58. The Bertz CT molecular complexity index is 1040. The molecule has 0 aliphatic carbocycles. The van der Waals surface area contributed by atoms with Gasteiger partial charge in [0, 0.05) is 5.70 Å². The van der Waals surface area contributed by atoms with E-state index in [0.717, 1.165) is 0 Å². The average Bonchev–Trinajstić information content (AvgIpc) is 2.92. The number of esters is 1. The van der Waals surface area contributed by atoms with Crippen LogP contribution in [-0.4, -0.2) is 25.0 Å². The minimum Gasteiger partial charge on any atom is -0.545 e. The Hall–Kier alpha value is -3.38. The van der Waals surface area contributed by atoms with E-state index in [0.29, 0.717) is 22.0 Å². The van der Waals surface area contributed by atoms with Crippen molar-refractivity contribution in [1.82, 2.24) is 0 Å². The van der Waals surface area contributed by atoms with Crippen molar-refractivity contribution in [2.75, 3.05) is 12.0 Å². The van der Waals surface area contributed by atoms with E-state index in [1.54, 1.807) is 31.2 Å². The van der Waals surface area contributed by atoms with Crippen LogP contribution in [0.3, 0.4) is 0 Å². The SMILES string of the molecule is COC(=O)C1=C(C)N(c2ccccc2Cl)C(=O)/C1=C\c1ccc(C(=O)[O-])cc1. The number of carboxylic acid groups (broad SMARTS) is 1. The predicted molar refractivity (Wildman–Crippen MR) is 102 cm³/mol. The number of rotatable bonds is 4. The number of hydrogen-bond acceptors (Lipinski definition) is 5. The molecule has 0 spiro atoms. The smallest absolute Gasteiger partial charge is 0.340 e. The number of anilines is 1. The summed E-state index contributed by atoms with van der Waals surface area (Å²) in [5, 5.41) is 11.3. The van der Waals surface area contributed by atoms with E-state index in [1.807, 2.05) is 0 Å². The number of carbonyl (C=O) groups is 3. The van der Waals surface area contributed by atoms with E-state index >= 15 is 0 Å². The van der Waals surface area contributed by atoms with Crippen molar-refractivity contribution in [3.05, 3.63) is 81.5 Å². The Labute approximate surface area is 166 Å². The Morgan fingerprint density at radius 3 is 2.32 bits per heavy atom. The normalized spacial score (nSPS) is 15.3. The van der Waals surface area contributed by atoms with Gasteiger partial charge in [-0.2, -0.15) is 0 Å². The number of benzene rings is 2. The maximum Gasteiger partial charge on any atom is 0.340 e. The number of carboxylic acids is 1. The van der Waals surface area contributed by atoms with E-state index in [4.69, 9.17) is 16.3 Å². The number of aromatic carboxylic acids is 1. The van der Waals surface area contributed by atoms with Crippen LogP contribution in [0.1, 0.15) is 22.8 Å². The topological polar surface area (TPSA) is 86.7 Å². The molecule has 0 unspecified atom stereocenters. The molecule has 2 aromatic carbocycles. The molecule has 0 aromatic heterocycles. The van der Waals surface area contributed by atoms with Crippen molar-refractivity contribution in [3.8, 4) is 0 Å². The van der Waals surface area contributed by atoms with Gasteiger partial charge in [0.1, 0.15) is 0 Å². The third-order valence-electron chi connectivity index (χ3n) is 4.34. The lowest BCUT2D eigenvalue weighted by Crippen LogP contribution is -2.24. The highest BCUT2D eigenvalue weighted by atomic mass is 35.5. The van der Waals surface area contributed by atoms with Gasteiger partial charge in [0.05, 0.1) is 34.9 Å².